The average Bonchev–Trinajstić information content (AvgIpc) is 2.01. The number of carbonyl (C=O) groups excluding carboxylic acids is 1. The lowest BCUT2D eigenvalue weighted by molar-refractivity contribution is -0.155. The zero-order chi connectivity index (χ0) is 9.59. The first-order valence-corrected chi connectivity index (χ1v) is 4.86. The molecule has 1 unspecified atom stereocenters. The smallest absolute Gasteiger partial charge is 0.330 e. The third-order valence-corrected chi connectivity index (χ3v) is 3.39. The zero-order valence-electron chi connectivity index (χ0n) is 7.06. The van der Waals surface area contributed by atoms with E-state index in [9.17, 15) is 9.59 Å². The van der Waals surface area contributed by atoms with E-state index in [2.05, 4.69) is 0 Å². The van der Waals surface area contributed by atoms with Crippen LogP contribution in [0.25, 0.3) is 0 Å². The lowest BCUT2D eigenvalue weighted by atomic mass is 10.1. The Morgan fingerprint density at radius 3 is 3.00 bits per heavy atom. The molecule has 70 valence electrons. The molecule has 0 aliphatic carbocycles. The Bertz CT molecular complexity index is 313. The van der Waals surface area contributed by atoms with Crippen LogP contribution in [0.15, 0.2) is 11.0 Å². The first-order chi connectivity index (χ1) is 6.09. The van der Waals surface area contributed by atoms with Crippen LogP contribution in [0.4, 0.5) is 0 Å². The molecule has 2 rings (SSSR count). The van der Waals surface area contributed by atoms with Gasteiger partial charge in [0, 0.05) is 0 Å². The first kappa shape index (κ1) is 8.62. The van der Waals surface area contributed by atoms with Crippen molar-refractivity contribution in [2.45, 2.75) is 24.8 Å². The quantitative estimate of drug-likeness (QED) is 0.630. The number of β-lactam (4-membered cyclic amide) rings is 1. The van der Waals surface area contributed by atoms with Crippen molar-refractivity contribution in [2.24, 2.45) is 0 Å². The summed E-state index contributed by atoms with van der Waals surface area (Å²) in [5.41, 5.74) is 0. The molecule has 0 bridgehead atoms. The number of amides is 1. The Kier molecular flexibility index (Phi) is 1.83. The summed E-state index contributed by atoms with van der Waals surface area (Å²) in [6, 6.07) is -0.743. The second kappa shape index (κ2) is 2.77. The summed E-state index contributed by atoms with van der Waals surface area (Å²) in [5.74, 6) is -1.01. The molecule has 0 aromatic carbocycles. The standard InChI is InChI=1S/C8H9NO3S/c1-4-2-5(8(11)12)9-6(10)3-7(9)13-4/h2,5,7H,3H2,1H3,(H,11,12)/t5?,7-/m1/s1. The van der Waals surface area contributed by atoms with Gasteiger partial charge in [-0.3, -0.25) is 4.79 Å². The van der Waals surface area contributed by atoms with Crippen LogP contribution >= 0.6 is 11.8 Å². The minimum Gasteiger partial charge on any atom is -0.479 e. The number of carboxylic acids is 1. The van der Waals surface area contributed by atoms with Crippen LogP contribution < -0.4 is 0 Å². The van der Waals surface area contributed by atoms with Crippen LogP contribution in [0.1, 0.15) is 13.3 Å². The molecule has 2 aliphatic heterocycles. The van der Waals surface area contributed by atoms with Crippen LogP contribution in [0.2, 0.25) is 0 Å². The molecule has 1 saturated heterocycles. The zero-order valence-corrected chi connectivity index (χ0v) is 7.87. The van der Waals surface area contributed by atoms with E-state index < -0.39 is 12.0 Å². The highest BCUT2D eigenvalue weighted by Crippen LogP contribution is 2.40. The van der Waals surface area contributed by atoms with Gasteiger partial charge < -0.3 is 10.0 Å². The molecule has 1 N–H and O–H groups in total. The van der Waals surface area contributed by atoms with Crippen molar-refractivity contribution in [3.8, 4) is 0 Å². The molecular weight excluding hydrogens is 190 g/mol. The van der Waals surface area contributed by atoms with Gasteiger partial charge in [-0.2, -0.15) is 0 Å². The third-order valence-electron chi connectivity index (χ3n) is 2.21. The molecule has 1 amide bonds. The second-order valence-electron chi connectivity index (χ2n) is 3.14. The molecule has 2 aliphatic rings. The summed E-state index contributed by atoms with van der Waals surface area (Å²) in [6.07, 6.45) is 2.10. The van der Waals surface area contributed by atoms with Crippen molar-refractivity contribution in [3.63, 3.8) is 0 Å². The number of hydrogen-bond acceptors (Lipinski definition) is 3. The maximum atomic E-state index is 11.1. The minimum absolute atomic E-state index is 0.0543. The fourth-order valence-corrected chi connectivity index (χ4v) is 2.81. The maximum absolute atomic E-state index is 11.1. The van der Waals surface area contributed by atoms with Crippen molar-refractivity contribution >= 4 is 23.6 Å². The Labute approximate surface area is 79.6 Å². The van der Waals surface area contributed by atoms with E-state index >= 15 is 0 Å². The van der Waals surface area contributed by atoms with Gasteiger partial charge in [-0.05, 0) is 17.9 Å². The Morgan fingerprint density at radius 1 is 1.77 bits per heavy atom. The van der Waals surface area contributed by atoms with Gasteiger partial charge in [-0.25, -0.2) is 4.79 Å². The molecule has 2 heterocycles. The molecule has 0 aromatic heterocycles. The van der Waals surface area contributed by atoms with Crippen LogP contribution in [0, 0.1) is 0 Å². The van der Waals surface area contributed by atoms with E-state index in [1.165, 1.54) is 4.90 Å². The Hall–Kier alpha value is -0.970. The van der Waals surface area contributed by atoms with Crippen LogP contribution in [0.3, 0.4) is 0 Å². The van der Waals surface area contributed by atoms with Crippen LogP contribution in [0.5, 0.6) is 0 Å². The molecule has 0 saturated carbocycles. The second-order valence-corrected chi connectivity index (χ2v) is 4.56. The molecule has 2 atom stereocenters. The van der Waals surface area contributed by atoms with Crippen molar-refractivity contribution in [1.82, 2.24) is 4.90 Å². The maximum Gasteiger partial charge on any atom is 0.330 e. The summed E-state index contributed by atoms with van der Waals surface area (Å²) in [4.78, 5) is 24.3. The molecule has 0 aromatic rings. The summed E-state index contributed by atoms with van der Waals surface area (Å²) in [7, 11) is 0. The molecular formula is C8H9NO3S. The number of nitrogens with zero attached hydrogens (tertiary/aromatic N) is 1. The van der Waals surface area contributed by atoms with Gasteiger partial charge in [0.15, 0.2) is 0 Å². The molecule has 4 nitrogen and oxygen atoms in total. The highest BCUT2D eigenvalue weighted by atomic mass is 32.2. The first-order valence-electron chi connectivity index (χ1n) is 3.98. The molecule has 1 fully saturated rings. The number of allylic oxidation sites excluding steroid dienone is 1. The van der Waals surface area contributed by atoms with E-state index in [-0.39, 0.29) is 11.3 Å². The summed E-state index contributed by atoms with van der Waals surface area (Å²) < 4.78 is 0. The Morgan fingerprint density at radius 2 is 2.46 bits per heavy atom. The van der Waals surface area contributed by atoms with E-state index in [0.29, 0.717) is 6.42 Å². The number of aliphatic carboxylic acids is 1. The largest absolute Gasteiger partial charge is 0.479 e. The molecule has 0 spiro atoms. The SMILES string of the molecule is CC1=CC(C(=O)O)N2C(=O)C[C@H]2S1. The van der Waals surface area contributed by atoms with Gasteiger partial charge in [0.1, 0.15) is 6.04 Å². The van der Waals surface area contributed by atoms with Gasteiger partial charge >= 0.3 is 5.97 Å². The highest BCUT2D eigenvalue weighted by molar-refractivity contribution is 8.03. The monoisotopic (exact) mass is 199 g/mol. The number of thioether (sulfide) groups is 1. The lowest BCUT2D eigenvalue weighted by Gasteiger charge is -2.45. The molecule has 0 radical (unpaired) electrons. The average molecular weight is 199 g/mol. The van der Waals surface area contributed by atoms with E-state index in [1.54, 1.807) is 17.8 Å². The fraction of sp³-hybridized carbons (Fsp3) is 0.500. The minimum atomic E-state index is -0.947. The number of carboxylic acid groups (broad SMARTS) is 1. The van der Waals surface area contributed by atoms with E-state index in [4.69, 9.17) is 5.11 Å². The van der Waals surface area contributed by atoms with Crippen molar-refractivity contribution in [3.05, 3.63) is 11.0 Å². The van der Waals surface area contributed by atoms with Gasteiger partial charge in [0.2, 0.25) is 5.91 Å². The van der Waals surface area contributed by atoms with E-state index in [0.717, 1.165) is 4.91 Å². The number of hydrogen-bond donors (Lipinski definition) is 1. The predicted octanol–water partition coefficient (Wildman–Crippen LogP) is 0.649. The van der Waals surface area contributed by atoms with Gasteiger partial charge in [-0.15, -0.1) is 11.8 Å². The summed E-state index contributed by atoms with van der Waals surface area (Å²) in [5, 5.41) is 8.90. The topological polar surface area (TPSA) is 57.6 Å². The van der Waals surface area contributed by atoms with Crippen molar-refractivity contribution < 1.29 is 14.7 Å². The number of fused-ring (bicyclic) bond motifs is 1. The fourth-order valence-electron chi connectivity index (χ4n) is 1.58. The predicted molar refractivity (Wildman–Crippen MR) is 48.0 cm³/mol. The van der Waals surface area contributed by atoms with Gasteiger partial charge in [0.05, 0.1) is 11.8 Å². The summed E-state index contributed by atoms with van der Waals surface area (Å²) >= 11 is 1.56. The van der Waals surface area contributed by atoms with Gasteiger partial charge in [-0.1, -0.05) is 0 Å². The third kappa shape index (κ3) is 1.23. The highest BCUT2D eigenvalue weighted by Gasteiger charge is 2.45. The molecule has 5 heteroatoms. The normalized spacial score (nSPS) is 31.9. The number of rotatable bonds is 1. The van der Waals surface area contributed by atoms with Gasteiger partial charge in [0.25, 0.3) is 0 Å². The van der Waals surface area contributed by atoms with Crippen molar-refractivity contribution in [2.75, 3.05) is 0 Å². The van der Waals surface area contributed by atoms with Crippen LogP contribution in [-0.4, -0.2) is 33.3 Å². The van der Waals surface area contributed by atoms with Crippen molar-refractivity contribution in [1.29, 1.82) is 0 Å². The Balaban J connectivity index is 2.27. The van der Waals surface area contributed by atoms with Crippen LogP contribution in [-0.2, 0) is 9.59 Å². The number of carbonyl (C=O) groups is 2. The molecule has 13 heavy (non-hydrogen) atoms. The lowest BCUT2D eigenvalue weighted by Crippen LogP contribution is -2.59. The summed E-state index contributed by atoms with van der Waals surface area (Å²) in [6.45, 7) is 1.88. The van der Waals surface area contributed by atoms with E-state index in [1.807, 2.05) is 6.92 Å².